The number of hydrogen-bond acceptors (Lipinski definition) is 4. The topological polar surface area (TPSA) is 61.9 Å². The van der Waals surface area contributed by atoms with Gasteiger partial charge in [-0.2, -0.15) is 13.2 Å². The van der Waals surface area contributed by atoms with Gasteiger partial charge in [0.15, 0.2) is 5.70 Å². The average Bonchev–Trinajstić information content (AvgIpc) is 3.38. The van der Waals surface area contributed by atoms with Crippen molar-refractivity contribution in [2.24, 2.45) is 0 Å². The van der Waals surface area contributed by atoms with Crippen molar-refractivity contribution >= 4 is 11.8 Å². The lowest BCUT2D eigenvalue weighted by atomic mass is 9.74. The molecule has 2 aromatic rings. The molecule has 6 nitrogen and oxygen atoms in total. The summed E-state index contributed by atoms with van der Waals surface area (Å²) >= 11 is 0. The molecule has 0 radical (unpaired) electrons. The normalized spacial score (nSPS) is 21.3. The van der Waals surface area contributed by atoms with Crippen LogP contribution in [0.3, 0.4) is 0 Å². The number of nitrogens with zero attached hydrogens (tertiary/aromatic N) is 2. The number of rotatable bonds is 7. The van der Waals surface area contributed by atoms with Gasteiger partial charge < -0.3 is 19.9 Å². The molecule has 1 atom stereocenters. The Labute approximate surface area is 226 Å². The predicted octanol–water partition coefficient (Wildman–Crippen LogP) is 5.34. The number of carbonyl (C=O) groups excluding carboxylic acids is 2. The van der Waals surface area contributed by atoms with Crippen LogP contribution in [0.1, 0.15) is 62.6 Å². The molecule has 2 amide bonds. The number of benzene rings is 2. The van der Waals surface area contributed by atoms with Gasteiger partial charge in [0.1, 0.15) is 12.8 Å². The van der Waals surface area contributed by atoms with Crippen molar-refractivity contribution in [3.8, 4) is 0 Å². The summed E-state index contributed by atoms with van der Waals surface area (Å²) in [5.41, 5.74) is 0.911. The molecule has 0 spiro atoms. The van der Waals surface area contributed by atoms with E-state index in [0.717, 1.165) is 48.9 Å². The van der Waals surface area contributed by atoms with Gasteiger partial charge in [-0.05, 0) is 61.8 Å². The quantitative estimate of drug-likeness (QED) is 0.514. The molecule has 9 heteroatoms. The highest BCUT2D eigenvalue weighted by Crippen LogP contribution is 2.46. The second-order valence-electron chi connectivity index (χ2n) is 11.0. The molecule has 2 fully saturated rings. The van der Waals surface area contributed by atoms with Crippen molar-refractivity contribution in [3.63, 3.8) is 0 Å². The summed E-state index contributed by atoms with van der Waals surface area (Å²) in [6.45, 7) is 5.06. The van der Waals surface area contributed by atoms with Gasteiger partial charge in [-0.3, -0.25) is 9.59 Å². The molecular weight excluding hydrogens is 507 g/mol. The lowest BCUT2D eigenvalue weighted by molar-refractivity contribution is -0.139. The average molecular weight is 542 g/mol. The third-order valence-electron chi connectivity index (χ3n) is 8.25. The summed E-state index contributed by atoms with van der Waals surface area (Å²) in [5.74, 6) is -0.670. The number of ether oxygens (including phenoxy) is 1. The van der Waals surface area contributed by atoms with E-state index < -0.39 is 29.2 Å². The summed E-state index contributed by atoms with van der Waals surface area (Å²) in [6, 6.07) is 14.8. The van der Waals surface area contributed by atoms with Crippen LogP contribution in [0.5, 0.6) is 0 Å². The van der Waals surface area contributed by atoms with Crippen LogP contribution in [0.2, 0.25) is 0 Å². The summed E-state index contributed by atoms with van der Waals surface area (Å²) < 4.78 is 45.7. The van der Waals surface area contributed by atoms with Crippen LogP contribution in [-0.4, -0.2) is 46.9 Å². The van der Waals surface area contributed by atoms with E-state index in [0.29, 0.717) is 19.5 Å². The Kier molecular flexibility index (Phi) is 7.35. The molecule has 39 heavy (non-hydrogen) atoms. The fraction of sp³-hybridized carbons (Fsp3) is 0.467. The predicted molar refractivity (Wildman–Crippen MR) is 140 cm³/mol. The maximum atomic E-state index is 13.7. The molecule has 1 saturated carbocycles. The SMILES string of the molecule is CC(C)N1CCN2C(=C(OCc3ccccc3)C(=O)NC2CC2(c3ccc(C(F)(F)F)cc3)CCCC2)C1=O. The molecule has 1 N–H and O–H groups in total. The number of alkyl halides is 3. The third kappa shape index (κ3) is 5.36. The molecule has 0 aromatic heterocycles. The highest BCUT2D eigenvalue weighted by atomic mass is 19.4. The number of nitrogens with one attached hydrogen (secondary N) is 1. The smallest absolute Gasteiger partial charge is 0.416 e. The Hall–Kier alpha value is -3.49. The van der Waals surface area contributed by atoms with Crippen molar-refractivity contribution in [2.45, 2.75) is 76.4 Å². The van der Waals surface area contributed by atoms with Gasteiger partial charge >= 0.3 is 6.18 Å². The van der Waals surface area contributed by atoms with Gasteiger partial charge in [0, 0.05) is 19.1 Å². The molecule has 1 unspecified atom stereocenters. The van der Waals surface area contributed by atoms with Gasteiger partial charge in [-0.1, -0.05) is 55.3 Å². The minimum absolute atomic E-state index is 0.0143. The molecule has 2 aliphatic heterocycles. The summed E-state index contributed by atoms with van der Waals surface area (Å²) in [7, 11) is 0. The second kappa shape index (κ2) is 10.6. The number of piperazine rings is 1. The largest absolute Gasteiger partial charge is 0.481 e. The van der Waals surface area contributed by atoms with Gasteiger partial charge in [-0.15, -0.1) is 0 Å². The van der Waals surface area contributed by atoms with Crippen LogP contribution in [0.25, 0.3) is 0 Å². The number of halogens is 3. The minimum atomic E-state index is -4.40. The van der Waals surface area contributed by atoms with Crippen LogP contribution in [0.4, 0.5) is 13.2 Å². The Balaban J connectivity index is 1.47. The minimum Gasteiger partial charge on any atom is -0.481 e. The maximum Gasteiger partial charge on any atom is 0.416 e. The maximum absolute atomic E-state index is 13.7. The summed E-state index contributed by atoms with van der Waals surface area (Å²) in [5, 5.41) is 3.08. The number of hydrogen-bond donors (Lipinski definition) is 1. The first-order valence-corrected chi connectivity index (χ1v) is 13.6. The standard InChI is InChI=1S/C30H34F3N3O3/c1-20(2)35-16-17-36-24(18-29(14-6-7-15-29)22-10-12-23(13-11-22)30(31,32)33)34-27(37)26(25(36)28(35)38)39-19-21-8-4-3-5-9-21/h3-5,8-13,20,24H,6-7,14-19H2,1-2H3,(H,34,37). The molecule has 3 aliphatic rings. The van der Waals surface area contributed by atoms with Crippen molar-refractivity contribution in [2.75, 3.05) is 13.1 Å². The van der Waals surface area contributed by atoms with Crippen LogP contribution in [-0.2, 0) is 32.5 Å². The van der Waals surface area contributed by atoms with Crippen molar-refractivity contribution in [1.82, 2.24) is 15.1 Å². The molecule has 208 valence electrons. The Bertz CT molecular complexity index is 1240. The van der Waals surface area contributed by atoms with Crippen LogP contribution >= 0.6 is 0 Å². The zero-order valence-electron chi connectivity index (χ0n) is 22.3. The highest BCUT2D eigenvalue weighted by molar-refractivity contribution is 6.04. The zero-order valence-corrected chi connectivity index (χ0v) is 22.3. The van der Waals surface area contributed by atoms with Crippen molar-refractivity contribution in [3.05, 3.63) is 82.7 Å². The Morgan fingerprint density at radius 1 is 1.00 bits per heavy atom. The summed E-state index contributed by atoms with van der Waals surface area (Å²) in [4.78, 5) is 30.8. The van der Waals surface area contributed by atoms with E-state index in [4.69, 9.17) is 4.74 Å². The molecular formula is C30H34F3N3O3. The first-order valence-electron chi connectivity index (χ1n) is 13.6. The first-order chi connectivity index (χ1) is 18.6. The van der Waals surface area contributed by atoms with E-state index in [9.17, 15) is 22.8 Å². The fourth-order valence-corrected chi connectivity index (χ4v) is 6.19. The van der Waals surface area contributed by atoms with E-state index in [1.54, 1.807) is 17.0 Å². The van der Waals surface area contributed by atoms with Gasteiger partial charge in [0.05, 0.1) is 5.56 Å². The molecule has 2 heterocycles. The molecule has 0 bridgehead atoms. The number of fused-ring (bicyclic) bond motifs is 1. The van der Waals surface area contributed by atoms with E-state index >= 15 is 0 Å². The van der Waals surface area contributed by atoms with E-state index in [2.05, 4.69) is 5.32 Å². The lowest BCUT2D eigenvalue weighted by Gasteiger charge is -2.48. The van der Waals surface area contributed by atoms with Crippen LogP contribution < -0.4 is 5.32 Å². The van der Waals surface area contributed by atoms with Gasteiger partial charge in [-0.25, -0.2) is 0 Å². The van der Waals surface area contributed by atoms with Crippen LogP contribution in [0.15, 0.2) is 66.1 Å². The Morgan fingerprint density at radius 3 is 2.28 bits per heavy atom. The zero-order chi connectivity index (χ0) is 27.8. The van der Waals surface area contributed by atoms with E-state index in [1.807, 2.05) is 49.1 Å². The number of amides is 2. The second-order valence-corrected chi connectivity index (χ2v) is 11.0. The third-order valence-corrected chi connectivity index (χ3v) is 8.25. The lowest BCUT2D eigenvalue weighted by Crippen LogP contribution is -2.62. The first kappa shape index (κ1) is 27.1. The molecule has 1 aliphatic carbocycles. The fourth-order valence-electron chi connectivity index (χ4n) is 6.19. The van der Waals surface area contributed by atoms with Crippen molar-refractivity contribution in [1.29, 1.82) is 0 Å². The van der Waals surface area contributed by atoms with Crippen LogP contribution in [0, 0.1) is 0 Å². The molecule has 1 saturated heterocycles. The number of carbonyl (C=O) groups is 2. The highest BCUT2D eigenvalue weighted by Gasteiger charge is 2.47. The van der Waals surface area contributed by atoms with E-state index in [1.165, 1.54) is 0 Å². The van der Waals surface area contributed by atoms with Gasteiger partial charge in [0.25, 0.3) is 11.8 Å². The monoisotopic (exact) mass is 541 g/mol. The van der Waals surface area contributed by atoms with E-state index in [-0.39, 0.29) is 30.0 Å². The van der Waals surface area contributed by atoms with Gasteiger partial charge in [0.2, 0.25) is 5.76 Å². The summed E-state index contributed by atoms with van der Waals surface area (Å²) in [6.07, 6.45) is -0.858. The van der Waals surface area contributed by atoms with Crippen molar-refractivity contribution < 1.29 is 27.5 Å². The molecule has 5 rings (SSSR count). The Morgan fingerprint density at radius 2 is 1.67 bits per heavy atom. The molecule has 2 aromatic carbocycles.